The molecule has 0 amide bonds. The number of esters is 1. The van der Waals surface area contributed by atoms with Gasteiger partial charge in [-0.15, -0.1) is 0 Å². The monoisotopic (exact) mass is 254 g/mol. The summed E-state index contributed by atoms with van der Waals surface area (Å²) in [4.78, 5) is 14.4. The minimum atomic E-state index is -0.476. The Hall–Kier alpha value is -0.610. The Labute approximate surface area is 110 Å². The van der Waals surface area contributed by atoms with E-state index in [0.717, 1.165) is 19.5 Å². The number of ether oxygens (including phenoxy) is 1. The van der Waals surface area contributed by atoms with Crippen LogP contribution in [0.4, 0.5) is 0 Å². The molecule has 0 aromatic rings. The highest BCUT2D eigenvalue weighted by molar-refractivity contribution is 5.80. The van der Waals surface area contributed by atoms with Crippen molar-refractivity contribution in [3.63, 3.8) is 0 Å². The molecule has 2 saturated heterocycles. The molecule has 2 aliphatic heterocycles. The lowest BCUT2D eigenvalue weighted by atomic mass is 9.85. The van der Waals surface area contributed by atoms with Crippen LogP contribution in [0, 0.1) is 5.92 Å². The molecule has 2 aliphatic rings. The van der Waals surface area contributed by atoms with E-state index in [2.05, 4.69) is 17.1 Å². The van der Waals surface area contributed by atoms with Crippen LogP contribution < -0.4 is 5.32 Å². The molecule has 0 bridgehead atoms. The number of nitrogens with one attached hydrogen (secondary N) is 1. The van der Waals surface area contributed by atoms with Crippen LogP contribution in [0.5, 0.6) is 0 Å². The molecule has 3 atom stereocenters. The molecule has 4 heteroatoms. The Morgan fingerprint density at radius 3 is 2.94 bits per heavy atom. The lowest BCUT2D eigenvalue weighted by Crippen LogP contribution is -2.45. The van der Waals surface area contributed by atoms with E-state index >= 15 is 0 Å². The summed E-state index contributed by atoms with van der Waals surface area (Å²) in [6, 6.07) is 0.641. The second kappa shape index (κ2) is 5.57. The minimum Gasteiger partial charge on any atom is -0.468 e. The number of carbonyl (C=O) groups is 1. The van der Waals surface area contributed by atoms with E-state index in [1.54, 1.807) is 0 Å². The van der Waals surface area contributed by atoms with E-state index in [0.29, 0.717) is 12.0 Å². The molecule has 0 saturated carbocycles. The maximum absolute atomic E-state index is 11.8. The van der Waals surface area contributed by atoms with Gasteiger partial charge in [0.2, 0.25) is 0 Å². The standard InChI is InChI=1S/C14H26N2O2/c1-4-16-8-6-5-7-12(16)11-9-14(2,15-10-11)13(17)18-3/h11-12,15H,4-10H2,1-3H3. The Balaban J connectivity index is 2.01. The smallest absolute Gasteiger partial charge is 0.325 e. The predicted molar refractivity (Wildman–Crippen MR) is 71.4 cm³/mol. The van der Waals surface area contributed by atoms with Crippen molar-refractivity contribution in [2.75, 3.05) is 26.7 Å². The summed E-state index contributed by atoms with van der Waals surface area (Å²) in [5, 5.41) is 3.37. The molecular weight excluding hydrogens is 228 g/mol. The molecule has 0 radical (unpaired) electrons. The molecular formula is C14H26N2O2. The molecule has 2 rings (SSSR count). The van der Waals surface area contributed by atoms with Crippen molar-refractivity contribution in [2.45, 2.75) is 51.1 Å². The fourth-order valence-corrected chi connectivity index (χ4v) is 3.62. The molecule has 18 heavy (non-hydrogen) atoms. The quantitative estimate of drug-likeness (QED) is 0.773. The van der Waals surface area contributed by atoms with E-state index < -0.39 is 5.54 Å². The van der Waals surface area contributed by atoms with E-state index in [1.165, 1.54) is 32.9 Å². The average Bonchev–Trinajstić information content (AvgIpc) is 2.81. The van der Waals surface area contributed by atoms with Gasteiger partial charge < -0.3 is 15.0 Å². The Morgan fingerprint density at radius 1 is 1.50 bits per heavy atom. The highest BCUT2D eigenvalue weighted by Crippen LogP contribution is 2.33. The van der Waals surface area contributed by atoms with Crippen molar-refractivity contribution >= 4 is 5.97 Å². The topological polar surface area (TPSA) is 41.6 Å². The zero-order valence-corrected chi connectivity index (χ0v) is 11.9. The highest BCUT2D eigenvalue weighted by Gasteiger charge is 2.45. The summed E-state index contributed by atoms with van der Waals surface area (Å²) in [6.45, 7) is 7.48. The van der Waals surface area contributed by atoms with Gasteiger partial charge in [-0.3, -0.25) is 4.79 Å². The third-order valence-electron chi connectivity index (χ3n) is 4.68. The van der Waals surface area contributed by atoms with Crippen LogP contribution in [-0.4, -0.2) is 49.2 Å². The molecule has 104 valence electrons. The molecule has 2 fully saturated rings. The predicted octanol–water partition coefficient (Wildman–Crippen LogP) is 1.40. The fourth-order valence-electron chi connectivity index (χ4n) is 3.62. The summed E-state index contributed by atoms with van der Waals surface area (Å²) in [5.74, 6) is 0.457. The molecule has 0 aromatic heterocycles. The van der Waals surface area contributed by atoms with Gasteiger partial charge in [-0.25, -0.2) is 0 Å². The first-order valence-electron chi connectivity index (χ1n) is 7.18. The van der Waals surface area contributed by atoms with Crippen LogP contribution in [-0.2, 0) is 9.53 Å². The summed E-state index contributed by atoms with van der Waals surface area (Å²) >= 11 is 0. The van der Waals surface area contributed by atoms with Gasteiger partial charge in [0.05, 0.1) is 7.11 Å². The summed E-state index contributed by atoms with van der Waals surface area (Å²) in [7, 11) is 1.47. The van der Waals surface area contributed by atoms with Crippen molar-refractivity contribution in [1.29, 1.82) is 0 Å². The first kappa shape index (κ1) is 13.8. The van der Waals surface area contributed by atoms with Crippen molar-refractivity contribution in [1.82, 2.24) is 10.2 Å². The van der Waals surface area contributed by atoms with Gasteiger partial charge in [0.25, 0.3) is 0 Å². The zero-order valence-electron chi connectivity index (χ0n) is 11.9. The van der Waals surface area contributed by atoms with Gasteiger partial charge in [-0.05, 0) is 45.2 Å². The van der Waals surface area contributed by atoms with Gasteiger partial charge in [0, 0.05) is 12.6 Å². The minimum absolute atomic E-state index is 0.121. The molecule has 0 aliphatic carbocycles. The largest absolute Gasteiger partial charge is 0.468 e. The average molecular weight is 254 g/mol. The van der Waals surface area contributed by atoms with Crippen molar-refractivity contribution in [3.8, 4) is 0 Å². The SMILES string of the molecule is CCN1CCCCC1C1CNC(C)(C(=O)OC)C1. The van der Waals surface area contributed by atoms with Crippen LogP contribution in [0.3, 0.4) is 0 Å². The van der Waals surface area contributed by atoms with E-state index in [1.807, 2.05) is 6.92 Å². The maximum atomic E-state index is 11.8. The second-order valence-electron chi connectivity index (χ2n) is 5.86. The summed E-state index contributed by atoms with van der Waals surface area (Å²) in [6.07, 6.45) is 4.82. The normalized spacial score (nSPS) is 37.7. The first-order valence-corrected chi connectivity index (χ1v) is 7.18. The third kappa shape index (κ3) is 2.54. The summed E-state index contributed by atoms with van der Waals surface area (Å²) < 4.78 is 4.91. The first-order chi connectivity index (χ1) is 8.60. The number of hydrogen-bond acceptors (Lipinski definition) is 4. The van der Waals surface area contributed by atoms with Crippen LogP contribution in [0.15, 0.2) is 0 Å². The molecule has 0 spiro atoms. The molecule has 1 N–H and O–H groups in total. The van der Waals surface area contributed by atoms with Crippen LogP contribution >= 0.6 is 0 Å². The number of rotatable bonds is 3. The van der Waals surface area contributed by atoms with Gasteiger partial charge in [0.15, 0.2) is 0 Å². The van der Waals surface area contributed by atoms with E-state index in [-0.39, 0.29) is 5.97 Å². The Morgan fingerprint density at radius 2 is 2.28 bits per heavy atom. The van der Waals surface area contributed by atoms with Crippen molar-refractivity contribution < 1.29 is 9.53 Å². The zero-order chi connectivity index (χ0) is 13.2. The van der Waals surface area contributed by atoms with Gasteiger partial charge in [0.1, 0.15) is 5.54 Å². The lowest BCUT2D eigenvalue weighted by Gasteiger charge is -2.38. The van der Waals surface area contributed by atoms with Crippen LogP contribution in [0.2, 0.25) is 0 Å². The van der Waals surface area contributed by atoms with Crippen LogP contribution in [0.25, 0.3) is 0 Å². The van der Waals surface area contributed by atoms with Crippen LogP contribution in [0.1, 0.15) is 39.5 Å². The van der Waals surface area contributed by atoms with E-state index in [9.17, 15) is 4.79 Å². The van der Waals surface area contributed by atoms with Gasteiger partial charge >= 0.3 is 5.97 Å². The van der Waals surface area contributed by atoms with Crippen molar-refractivity contribution in [3.05, 3.63) is 0 Å². The fraction of sp³-hybridized carbons (Fsp3) is 0.929. The number of hydrogen-bond donors (Lipinski definition) is 1. The molecule has 4 nitrogen and oxygen atoms in total. The third-order valence-corrected chi connectivity index (χ3v) is 4.68. The number of nitrogens with zero attached hydrogens (tertiary/aromatic N) is 1. The number of carbonyl (C=O) groups excluding carboxylic acids is 1. The maximum Gasteiger partial charge on any atom is 0.325 e. The molecule has 0 aromatic carbocycles. The number of methoxy groups -OCH3 is 1. The van der Waals surface area contributed by atoms with Crippen molar-refractivity contribution in [2.24, 2.45) is 5.92 Å². The summed E-state index contributed by atoms with van der Waals surface area (Å²) in [5.41, 5.74) is -0.476. The molecule has 2 heterocycles. The number of piperidine rings is 1. The Kier molecular flexibility index (Phi) is 4.28. The second-order valence-corrected chi connectivity index (χ2v) is 5.86. The molecule has 3 unspecified atom stereocenters. The lowest BCUT2D eigenvalue weighted by molar-refractivity contribution is -0.147. The number of likely N-dealkylation sites (tertiary alicyclic amines) is 1. The Bertz CT molecular complexity index is 308. The van der Waals surface area contributed by atoms with Gasteiger partial charge in [-0.1, -0.05) is 13.3 Å². The highest BCUT2D eigenvalue weighted by atomic mass is 16.5. The van der Waals surface area contributed by atoms with Gasteiger partial charge in [-0.2, -0.15) is 0 Å². The van der Waals surface area contributed by atoms with E-state index in [4.69, 9.17) is 4.74 Å².